The summed E-state index contributed by atoms with van der Waals surface area (Å²) >= 11 is 9.42. The second-order valence-electron chi connectivity index (χ2n) is 3.90. The van der Waals surface area contributed by atoms with Crippen LogP contribution >= 0.6 is 27.5 Å². The highest BCUT2D eigenvalue weighted by atomic mass is 79.9. The normalized spacial score (nSPS) is 11.0. The summed E-state index contributed by atoms with van der Waals surface area (Å²) in [5, 5.41) is 0.674. The highest BCUT2D eigenvalue weighted by molar-refractivity contribution is 9.10. The maximum Gasteiger partial charge on any atom is 0.139 e. The van der Waals surface area contributed by atoms with Crippen LogP contribution in [0.2, 0.25) is 5.02 Å². The molecule has 2 aromatic heterocycles. The molecule has 3 aromatic rings. The molecule has 0 unspecified atom stereocenters. The van der Waals surface area contributed by atoms with E-state index in [4.69, 9.17) is 17.3 Å². The number of hydrogen-bond donors (Lipinski definition) is 1. The Hall–Kier alpha value is -1.52. The molecule has 0 atom stereocenters. The predicted octanol–water partition coefficient (Wildman–Crippen LogP) is 4.00. The molecular formula is C13H9BrClN3. The molecule has 18 heavy (non-hydrogen) atoms. The van der Waals surface area contributed by atoms with Crippen LogP contribution < -0.4 is 5.73 Å². The van der Waals surface area contributed by atoms with Gasteiger partial charge in [0, 0.05) is 21.3 Å². The molecular weight excluding hydrogens is 314 g/mol. The van der Waals surface area contributed by atoms with E-state index in [9.17, 15) is 0 Å². The lowest BCUT2D eigenvalue weighted by Crippen LogP contribution is -1.93. The number of fused-ring (bicyclic) bond motifs is 1. The molecule has 0 saturated heterocycles. The zero-order valence-corrected chi connectivity index (χ0v) is 11.6. The van der Waals surface area contributed by atoms with Gasteiger partial charge in [-0.3, -0.25) is 4.40 Å². The molecule has 3 rings (SSSR count). The van der Waals surface area contributed by atoms with E-state index in [1.54, 1.807) is 0 Å². The van der Waals surface area contributed by atoms with E-state index in [1.807, 2.05) is 47.0 Å². The van der Waals surface area contributed by atoms with Gasteiger partial charge in [0.15, 0.2) is 0 Å². The van der Waals surface area contributed by atoms with Crippen LogP contribution in [0.25, 0.3) is 16.9 Å². The third-order valence-electron chi connectivity index (χ3n) is 2.75. The van der Waals surface area contributed by atoms with Gasteiger partial charge in [0.1, 0.15) is 17.2 Å². The number of hydrogen-bond acceptors (Lipinski definition) is 2. The molecule has 0 saturated carbocycles. The molecule has 5 heteroatoms. The zero-order valence-electron chi connectivity index (χ0n) is 9.27. The van der Waals surface area contributed by atoms with Crippen molar-refractivity contribution in [2.24, 2.45) is 0 Å². The van der Waals surface area contributed by atoms with Gasteiger partial charge in [0.25, 0.3) is 0 Å². The maximum atomic E-state index is 6.12. The molecule has 2 N–H and O–H groups in total. The van der Waals surface area contributed by atoms with Gasteiger partial charge < -0.3 is 5.73 Å². The van der Waals surface area contributed by atoms with Gasteiger partial charge in [-0.15, -0.1) is 0 Å². The van der Waals surface area contributed by atoms with Crippen LogP contribution in [0.5, 0.6) is 0 Å². The van der Waals surface area contributed by atoms with E-state index >= 15 is 0 Å². The summed E-state index contributed by atoms with van der Waals surface area (Å²) in [7, 11) is 0. The number of nitrogens with zero attached hydrogens (tertiary/aromatic N) is 2. The summed E-state index contributed by atoms with van der Waals surface area (Å²) in [4.78, 5) is 4.54. The Morgan fingerprint density at radius 3 is 2.78 bits per heavy atom. The summed E-state index contributed by atoms with van der Waals surface area (Å²) in [5.74, 6) is 0.619. The Kier molecular flexibility index (Phi) is 2.76. The standard InChI is InChI=1S/C13H9BrClN3/c14-10-7-8(15)4-5-9(10)12-13(16)18-6-2-1-3-11(18)17-12/h1-7H,16H2. The van der Waals surface area contributed by atoms with Gasteiger partial charge in [-0.25, -0.2) is 4.98 Å². The molecule has 1 aromatic carbocycles. The first kappa shape index (κ1) is 11.6. The van der Waals surface area contributed by atoms with E-state index in [0.29, 0.717) is 10.8 Å². The van der Waals surface area contributed by atoms with E-state index in [1.165, 1.54) is 0 Å². The molecule has 0 radical (unpaired) electrons. The third-order valence-corrected chi connectivity index (χ3v) is 3.64. The van der Waals surface area contributed by atoms with Crippen molar-refractivity contribution >= 4 is 39.0 Å². The van der Waals surface area contributed by atoms with Gasteiger partial charge >= 0.3 is 0 Å². The molecule has 0 aliphatic heterocycles. The molecule has 90 valence electrons. The van der Waals surface area contributed by atoms with Crippen molar-refractivity contribution in [2.75, 3.05) is 5.73 Å². The largest absolute Gasteiger partial charge is 0.383 e. The topological polar surface area (TPSA) is 43.3 Å². The quantitative estimate of drug-likeness (QED) is 0.736. The lowest BCUT2D eigenvalue weighted by Gasteiger charge is -2.03. The van der Waals surface area contributed by atoms with Crippen molar-refractivity contribution < 1.29 is 0 Å². The molecule has 0 aliphatic carbocycles. The first-order valence-electron chi connectivity index (χ1n) is 5.35. The second kappa shape index (κ2) is 4.30. The number of nitrogens with two attached hydrogens (primary N) is 1. The van der Waals surface area contributed by atoms with Gasteiger partial charge in [-0.2, -0.15) is 0 Å². The van der Waals surface area contributed by atoms with Crippen molar-refractivity contribution in [3.63, 3.8) is 0 Å². The zero-order chi connectivity index (χ0) is 12.7. The van der Waals surface area contributed by atoms with Crippen molar-refractivity contribution in [3.8, 4) is 11.3 Å². The van der Waals surface area contributed by atoms with Crippen LogP contribution in [0.3, 0.4) is 0 Å². The maximum absolute atomic E-state index is 6.12. The first-order valence-corrected chi connectivity index (χ1v) is 6.52. The second-order valence-corrected chi connectivity index (χ2v) is 5.19. The number of rotatable bonds is 1. The number of halogens is 2. The fourth-order valence-corrected chi connectivity index (χ4v) is 2.77. The van der Waals surface area contributed by atoms with Crippen LogP contribution in [-0.2, 0) is 0 Å². The Morgan fingerprint density at radius 1 is 1.22 bits per heavy atom. The Bertz CT molecular complexity index is 736. The number of anilines is 1. The van der Waals surface area contributed by atoms with Gasteiger partial charge in [-0.1, -0.05) is 39.7 Å². The summed E-state index contributed by atoms with van der Waals surface area (Å²) in [6.45, 7) is 0. The van der Waals surface area contributed by atoms with Crippen LogP contribution in [0, 0.1) is 0 Å². The van der Waals surface area contributed by atoms with Crippen LogP contribution in [0.15, 0.2) is 47.1 Å². The highest BCUT2D eigenvalue weighted by Gasteiger charge is 2.13. The summed E-state index contributed by atoms with van der Waals surface area (Å²) in [6.07, 6.45) is 1.89. The molecule has 0 amide bonds. The fourth-order valence-electron chi connectivity index (χ4n) is 1.89. The molecule has 0 fully saturated rings. The number of aromatic nitrogens is 2. The molecule has 3 nitrogen and oxygen atoms in total. The summed E-state index contributed by atoms with van der Waals surface area (Å²) < 4.78 is 2.74. The lowest BCUT2D eigenvalue weighted by atomic mass is 10.1. The molecule has 0 spiro atoms. The minimum atomic E-state index is 0.619. The Balaban J connectivity index is 2.28. The SMILES string of the molecule is Nc1c(-c2ccc(Cl)cc2Br)nc2ccccn12. The summed E-state index contributed by atoms with van der Waals surface area (Å²) in [5.41, 5.74) is 8.64. The highest BCUT2D eigenvalue weighted by Crippen LogP contribution is 2.33. The number of pyridine rings is 1. The van der Waals surface area contributed by atoms with E-state index in [-0.39, 0.29) is 0 Å². The third kappa shape index (κ3) is 1.78. The predicted molar refractivity (Wildman–Crippen MR) is 77.8 cm³/mol. The van der Waals surface area contributed by atoms with Gasteiger partial charge in [0.05, 0.1) is 0 Å². The van der Waals surface area contributed by atoms with Crippen LogP contribution in [-0.4, -0.2) is 9.38 Å². The number of benzene rings is 1. The van der Waals surface area contributed by atoms with Crippen molar-refractivity contribution in [3.05, 3.63) is 52.1 Å². The average Bonchev–Trinajstić information content (AvgIpc) is 2.68. The van der Waals surface area contributed by atoms with Crippen molar-refractivity contribution in [2.45, 2.75) is 0 Å². The van der Waals surface area contributed by atoms with Gasteiger partial charge in [0.2, 0.25) is 0 Å². The van der Waals surface area contributed by atoms with E-state index < -0.39 is 0 Å². The molecule has 0 bridgehead atoms. The lowest BCUT2D eigenvalue weighted by molar-refractivity contribution is 1.20. The minimum Gasteiger partial charge on any atom is -0.383 e. The van der Waals surface area contributed by atoms with Crippen LogP contribution in [0.4, 0.5) is 5.82 Å². The van der Waals surface area contributed by atoms with E-state index in [0.717, 1.165) is 21.4 Å². The molecule has 2 heterocycles. The Labute approximate surface area is 117 Å². The Morgan fingerprint density at radius 2 is 2.06 bits per heavy atom. The van der Waals surface area contributed by atoms with Crippen LogP contribution in [0.1, 0.15) is 0 Å². The summed E-state index contributed by atoms with van der Waals surface area (Å²) in [6, 6.07) is 11.3. The number of nitrogen functional groups attached to an aromatic ring is 1. The smallest absolute Gasteiger partial charge is 0.139 e. The minimum absolute atomic E-state index is 0.619. The van der Waals surface area contributed by atoms with E-state index in [2.05, 4.69) is 20.9 Å². The first-order chi connectivity index (χ1) is 8.66. The molecule has 0 aliphatic rings. The van der Waals surface area contributed by atoms with Crippen molar-refractivity contribution in [1.29, 1.82) is 0 Å². The fraction of sp³-hybridized carbons (Fsp3) is 0. The number of imidazole rings is 1. The monoisotopic (exact) mass is 321 g/mol. The van der Waals surface area contributed by atoms with Crippen molar-refractivity contribution in [1.82, 2.24) is 9.38 Å². The van der Waals surface area contributed by atoms with Gasteiger partial charge in [-0.05, 0) is 24.3 Å². The average molecular weight is 323 g/mol.